The number of carbonyl (C=O) groups excluding carboxylic acids is 1. The maximum atomic E-state index is 11.7. The van der Waals surface area contributed by atoms with E-state index >= 15 is 0 Å². The average Bonchev–Trinajstić information content (AvgIpc) is 2.98. The van der Waals surface area contributed by atoms with Gasteiger partial charge in [-0.2, -0.15) is 15.0 Å². The van der Waals surface area contributed by atoms with Gasteiger partial charge in [0.05, 0.1) is 23.7 Å². The second-order valence-electron chi connectivity index (χ2n) is 5.25. The van der Waals surface area contributed by atoms with Crippen molar-refractivity contribution in [1.29, 1.82) is 0 Å². The maximum absolute atomic E-state index is 11.7. The minimum Gasteiger partial charge on any atom is -0.388 e. The summed E-state index contributed by atoms with van der Waals surface area (Å²) in [6.07, 6.45) is 5.72. The van der Waals surface area contributed by atoms with Crippen LogP contribution in [-0.4, -0.2) is 38.3 Å². The van der Waals surface area contributed by atoms with Gasteiger partial charge in [-0.05, 0) is 43.5 Å². The predicted molar refractivity (Wildman–Crippen MR) is 77.2 cm³/mol. The van der Waals surface area contributed by atoms with E-state index in [0.717, 1.165) is 24.9 Å². The van der Waals surface area contributed by atoms with E-state index < -0.39 is 5.60 Å². The van der Waals surface area contributed by atoms with Crippen LogP contribution in [0.1, 0.15) is 19.3 Å². The van der Waals surface area contributed by atoms with Crippen molar-refractivity contribution in [1.82, 2.24) is 20.3 Å². The van der Waals surface area contributed by atoms with Crippen LogP contribution >= 0.6 is 0 Å². The number of aromatic nitrogens is 3. The molecule has 1 saturated carbocycles. The molecule has 1 aliphatic carbocycles. The molecule has 0 radical (unpaired) electrons. The molecule has 0 bridgehead atoms. The lowest BCUT2D eigenvalue weighted by Gasteiger charge is -2.36. The molecule has 7 heteroatoms. The molecule has 3 N–H and O–H groups in total. The van der Waals surface area contributed by atoms with E-state index in [1.54, 1.807) is 24.5 Å². The fourth-order valence-corrected chi connectivity index (χ4v) is 2.21. The zero-order chi connectivity index (χ0) is 14.7. The molecule has 2 amide bonds. The summed E-state index contributed by atoms with van der Waals surface area (Å²) in [6.45, 7) is 0.286. The zero-order valence-corrected chi connectivity index (χ0v) is 11.5. The molecule has 0 aliphatic heterocycles. The van der Waals surface area contributed by atoms with E-state index in [9.17, 15) is 9.90 Å². The summed E-state index contributed by atoms with van der Waals surface area (Å²) in [7, 11) is 0. The van der Waals surface area contributed by atoms with Crippen LogP contribution in [0, 0.1) is 0 Å². The van der Waals surface area contributed by atoms with Gasteiger partial charge in [0.25, 0.3) is 0 Å². The van der Waals surface area contributed by atoms with Crippen molar-refractivity contribution in [2.45, 2.75) is 24.9 Å². The largest absolute Gasteiger partial charge is 0.388 e. The SMILES string of the molecule is O=C(NCC1(O)CCC1)Nc1ccc(-n2nccn2)cc1. The van der Waals surface area contributed by atoms with E-state index in [4.69, 9.17) is 0 Å². The molecule has 1 heterocycles. The van der Waals surface area contributed by atoms with E-state index in [-0.39, 0.29) is 12.6 Å². The molecule has 2 aromatic rings. The topological polar surface area (TPSA) is 92.1 Å². The van der Waals surface area contributed by atoms with Gasteiger partial charge >= 0.3 is 6.03 Å². The van der Waals surface area contributed by atoms with Gasteiger partial charge in [0.15, 0.2) is 0 Å². The summed E-state index contributed by atoms with van der Waals surface area (Å²) < 4.78 is 0. The predicted octanol–water partition coefficient (Wildman–Crippen LogP) is 1.30. The number of amides is 2. The van der Waals surface area contributed by atoms with E-state index in [2.05, 4.69) is 20.8 Å². The van der Waals surface area contributed by atoms with Crippen molar-refractivity contribution >= 4 is 11.7 Å². The summed E-state index contributed by atoms with van der Waals surface area (Å²) in [4.78, 5) is 13.2. The van der Waals surface area contributed by atoms with Crippen LogP contribution < -0.4 is 10.6 Å². The summed E-state index contributed by atoms with van der Waals surface area (Å²) >= 11 is 0. The number of hydrogen-bond acceptors (Lipinski definition) is 4. The van der Waals surface area contributed by atoms with Crippen molar-refractivity contribution in [3.8, 4) is 5.69 Å². The fourth-order valence-electron chi connectivity index (χ4n) is 2.21. The number of nitrogens with zero attached hydrogens (tertiary/aromatic N) is 3. The summed E-state index contributed by atoms with van der Waals surface area (Å²) in [6, 6.07) is 6.86. The molecule has 1 aliphatic rings. The Morgan fingerprint density at radius 1 is 1.24 bits per heavy atom. The Bertz CT molecular complexity index is 605. The molecule has 21 heavy (non-hydrogen) atoms. The minimum absolute atomic E-state index is 0.286. The van der Waals surface area contributed by atoms with E-state index in [1.807, 2.05) is 12.1 Å². The first-order chi connectivity index (χ1) is 10.1. The zero-order valence-electron chi connectivity index (χ0n) is 11.5. The Morgan fingerprint density at radius 3 is 2.48 bits per heavy atom. The summed E-state index contributed by atoms with van der Waals surface area (Å²) in [5.74, 6) is 0. The Morgan fingerprint density at radius 2 is 1.90 bits per heavy atom. The van der Waals surface area contributed by atoms with Crippen LogP contribution in [0.5, 0.6) is 0 Å². The molecule has 0 saturated heterocycles. The number of benzene rings is 1. The number of rotatable bonds is 4. The second-order valence-corrected chi connectivity index (χ2v) is 5.25. The molecule has 3 rings (SSSR count). The van der Waals surface area contributed by atoms with Gasteiger partial charge in [0, 0.05) is 12.2 Å². The van der Waals surface area contributed by atoms with Crippen molar-refractivity contribution < 1.29 is 9.90 Å². The Labute approximate surface area is 122 Å². The lowest BCUT2D eigenvalue weighted by Crippen LogP contribution is -2.48. The van der Waals surface area contributed by atoms with Gasteiger partial charge in [-0.1, -0.05) is 0 Å². The average molecular weight is 287 g/mol. The highest BCUT2D eigenvalue weighted by Crippen LogP contribution is 2.30. The van der Waals surface area contributed by atoms with Crippen molar-refractivity contribution in [3.05, 3.63) is 36.7 Å². The molecule has 1 aromatic heterocycles. The van der Waals surface area contributed by atoms with Crippen molar-refractivity contribution in [2.75, 3.05) is 11.9 Å². The number of carbonyl (C=O) groups is 1. The molecular formula is C14H17N5O2. The van der Waals surface area contributed by atoms with Crippen molar-refractivity contribution in [2.24, 2.45) is 0 Å². The normalized spacial score (nSPS) is 16.0. The third kappa shape index (κ3) is 3.19. The molecule has 0 spiro atoms. The van der Waals surface area contributed by atoms with Gasteiger partial charge in [-0.3, -0.25) is 0 Å². The highest BCUT2D eigenvalue weighted by molar-refractivity contribution is 5.89. The molecule has 1 aromatic carbocycles. The lowest BCUT2D eigenvalue weighted by molar-refractivity contribution is -0.0287. The number of urea groups is 1. The molecule has 110 valence electrons. The molecule has 0 unspecified atom stereocenters. The Balaban J connectivity index is 1.54. The van der Waals surface area contributed by atoms with Gasteiger partial charge in [0.1, 0.15) is 0 Å². The third-order valence-corrected chi connectivity index (χ3v) is 3.64. The van der Waals surface area contributed by atoms with Crippen LogP contribution in [0.4, 0.5) is 10.5 Å². The smallest absolute Gasteiger partial charge is 0.319 e. The molecule has 0 atom stereocenters. The first kappa shape index (κ1) is 13.6. The Kier molecular flexibility index (Phi) is 3.57. The van der Waals surface area contributed by atoms with Crippen LogP contribution in [0.25, 0.3) is 5.69 Å². The quantitative estimate of drug-likeness (QED) is 0.790. The van der Waals surface area contributed by atoms with Gasteiger partial charge in [-0.15, -0.1) is 0 Å². The number of nitrogens with one attached hydrogen (secondary N) is 2. The monoisotopic (exact) mass is 287 g/mol. The van der Waals surface area contributed by atoms with Crippen LogP contribution in [0.2, 0.25) is 0 Å². The summed E-state index contributed by atoms with van der Waals surface area (Å²) in [5.41, 5.74) is 0.770. The standard InChI is InChI=1S/C14H17N5O2/c20-13(15-10-14(21)6-1-7-14)18-11-2-4-12(5-3-11)19-16-8-9-17-19/h2-5,8-9,21H,1,6-7,10H2,(H2,15,18,20). The van der Waals surface area contributed by atoms with Gasteiger partial charge in [0.2, 0.25) is 0 Å². The molecule has 7 nitrogen and oxygen atoms in total. The van der Waals surface area contributed by atoms with E-state index in [0.29, 0.717) is 5.69 Å². The molecule has 1 fully saturated rings. The first-order valence-electron chi connectivity index (χ1n) is 6.89. The van der Waals surface area contributed by atoms with Crippen LogP contribution in [0.15, 0.2) is 36.7 Å². The first-order valence-corrected chi connectivity index (χ1v) is 6.89. The van der Waals surface area contributed by atoms with Gasteiger partial charge < -0.3 is 15.7 Å². The fraction of sp³-hybridized carbons (Fsp3) is 0.357. The number of hydrogen-bond donors (Lipinski definition) is 3. The summed E-state index contributed by atoms with van der Waals surface area (Å²) in [5, 5.41) is 23.4. The van der Waals surface area contributed by atoms with Gasteiger partial charge in [-0.25, -0.2) is 4.79 Å². The van der Waals surface area contributed by atoms with Crippen LogP contribution in [0.3, 0.4) is 0 Å². The number of aliphatic hydroxyl groups is 1. The highest BCUT2D eigenvalue weighted by atomic mass is 16.3. The Hall–Kier alpha value is -2.41. The highest BCUT2D eigenvalue weighted by Gasteiger charge is 2.34. The lowest BCUT2D eigenvalue weighted by atomic mass is 9.80. The molecular weight excluding hydrogens is 270 g/mol. The van der Waals surface area contributed by atoms with Crippen molar-refractivity contribution in [3.63, 3.8) is 0 Å². The third-order valence-electron chi connectivity index (χ3n) is 3.64. The minimum atomic E-state index is -0.715. The maximum Gasteiger partial charge on any atom is 0.319 e. The number of anilines is 1. The van der Waals surface area contributed by atoms with E-state index in [1.165, 1.54) is 4.80 Å². The second kappa shape index (κ2) is 5.53. The van der Waals surface area contributed by atoms with Crippen LogP contribution in [-0.2, 0) is 0 Å².